The summed E-state index contributed by atoms with van der Waals surface area (Å²) < 4.78 is 36.8. The first-order chi connectivity index (χ1) is 13.9. The molecule has 0 bridgehead atoms. The fraction of sp³-hybridized carbons (Fsp3) is 0.350. The van der Waals surface area contributed by atoms with Crippen molar-refractivity contribution in [3.8, 4) is 23.0 Å². The number of carboxylic acid groups (broad SMARTS) is 1. The van der Waals surface area contributed by atoms with Crippen LogP contribution in [0.25, 0.3) is 0 Å². The van der Waals surface area contributed by atoms with Crippen LogP contribution in [0.1, 0.15) is 22.7 Å². The van der Waals surface area contributed by atoms with Crippen molar-refractivity contribution in [3.63, 3.8) is 0 Å². The molecule has 0 aliphatic carbocycles. The largest absolute Gasteiger partial charge is 0.504 e. The Morgan fingerprint density at radius 1 is 1.13 bits per heavy atom. The minimum absolute atomic E-state index is 0.0749. The molecule has 3 rings (SSSR count). The number of benzene rings is 2. The summed E-state index contributed by atoms with van der Waals surface area (Å²) in [5.74, 6) is -2.35. The zero-order valence-electron chi connectivity index (χ0n) is 16.3. The van der Waals surface area contributed by atoms with Crippen molar-refractivity contribution < 1.29 is 43.1 Å². The van der Waals surface area contributed by atoms with Gasteiger partial charge in [-0.3, -0.25) is 4.90 Å². The maximum atomic E-state index is 10.6. The lowest BCUT2D eigenvalue weighted by Crippen LogP contribution is -2.33. The number of fused-ring (bicyclic) bond motifs is 1. The van der Waals surface area contributed by atoms with Crippen LogP contribution in [0.15, 0.2) is 30.3 Å². The normalized spacial score (nSPS) is 16.2. The van der Waals surface area contributed by atoms with Crippen molar-refractivity contribution in [2.45, 2.75) is 25.1 Å². The second kappa shape index (κ2) is 9.12. The van der Waals surface area contributed by atoms with Gasteiger partial charge in [-0.15, -0.1) is 0 Å². The van der Waals surface area contributed by atoms with Crippen LogP contribution in [0, 0.1) is 0 Å². The Morgan fingerprint density at radius 3 is 2.27 bits per heavy atom. The molecule has 0 fully saturated rings. The van der Waals surface area contributed by atoms with Crippen molar-refractivity contribution in [1.82, 2.24) is 4.90 Å². The lowest BCUT2D eigenvalue weighted by atomic mass is 9.88. The predicted octanol–water partition coefficient (Wildman–Crippen LogP) is 3.22. The highest BCUT2D eigenvalue weighted by Gasteiger charge is 2.38. The first kappa shape index (κ1) is 23.1. The van der Waals surface area contributed by atoms with Crippen LogP contribution in [0.4, 0.5) is 13.2 Å². The number of methoxy groups -OCH3 is 1. The number of alkyl halides is 3. The lowest BCUT2D eigenvalue weighted by Gasteiger charge is -2.35. The number of hydrogen-bond acceptors (Lipinski definition) is 6. The van der Waals surface area contributed by atoms with Gasteiger partial charge in [0.05, 0.1) is 7.11 Å². The van der Waals surface area contributed by atoms with Gasteiger partial charge in [0.2, 0.25) is 0 Å². The van der Waals surface area contributed by atoms with Gasteiger partial charge in [-0.25, -0.2) is 4.79 Å². The van der Waals surface area contributed by atoms with Gasteiger partial charge >= 0.3 is 12.1 Å². The Balaban J connectivity index is 0.000000396. The van der Waals surface area contributed by atoms with E-state index in [4.69, 9.17) is 14.6 Å². The molecule has 1 heterocycles. The Morgan fingerprint density at radius 2 is 1.73 bits per heavy atom. The second-order valence-corrected chi connectivity index (χ2v) is 6.80. The number of rotatable bonds is 3. The predicted molar refractivity (Wildman–Crippen MR) is 101 cm³/mol. The number of hydrogen-bond donors (Lipinski definition) is 4. The van der Waals surface area contributed by atoms with Crippen molar-refractivity contribution >= 4 is 5.97 Å². The van der Waals surface area contributed by atoms with E-state index in [1.807, 2.05) is 13.1 Å². The van der Waals surface area contributed by atoms with Crippen molar-refractivity contribution in [1.29, 1.82) is 0 Å². The molecule has 0 saturated heterocycles. The summed E-state index contributed by atoms with van der Waals surface area (Å²) in [6.07, 6.45) is -3.55. The third kappa shape index (κ3) is 5.47. The number of phenols is 3. The zero-order chi connectivity index (χ0) is 22.6. The lowest BCUT2D eigenvalue weighted by molar-refractivity contribution is -0.192. The van der Waals surface area contributed by atoms with E-state index in [0.717, 1.165) is 29.7 Å². The van der Waals surface area contributed by atoms with Gasteiger partial charge in [0.15, 0.2) is 23.0 Å². The van der Waals surface area contributed by atoms with Gasteiger partial charge in [-0.05, 0) is 60.8 Å². The van der Waals surface area contributed by atoms with Gasteiger partial charge in [-0.2, -0.15) is 13.2 Å². The van der Waals surface area contributed by atoms with E-state index >= 15 is 0 Å². The molecule has 0 spiro atoms. The van der Waals surface area contributed by atoms with Gasteiger partial charge < -0.3 is 25.2 Å². The molecular weight excluding hydrogens is 407 g/mol. The van der Waals surface area contributed by atoms with E-state index in [1.54, 1.807) is 24.3 Å². The quantitative estimate of drug-likeness (QED) is 0.555. The van der Waals surface area contributed by atoms with E-state index in [1.165, 1.54) is 7.11 Å². The summed E-state index contributed by atoms with van der Waals surface area (Å²) in [6, 6.07) is 8.77. The first-order valence-corrected chi connectivity index (χ1v) is 8.85. The fourth-order valence-corrected chi connectivity index (χ4v) is 3.20. The molecule has 0 amide bonds. The molecule has 0 aromatic heterocycles. The first-order valence-electron chi connectivity index (χ1n) is 8.85. The number of nitrogens with zero attached hydrogens (tertiary/aromatic N) is 1. The number of aromatic hydroxyl groups is 3. The Labute approximate surface area is 170 Å². The fourth-order valence-electron chi connectivity index (χ4n) is 3.20. The molecular formula is C20H22F3NO6. The number of ether oxygens (including phenoxy) is 1. The number of aliphatic carboxylic acids is 1. The van der Waals surface area contributed by atoms with Gasteiger partial charge in [0.25, 0.3) is 0 Å². The van der Waals surface area contributed by atoms with E-state index < -0.39 is 12.1 Å². The highest BCUT2D eigenvalue weighted by atomic mass is 19.4. The number of phenolic OH excluding ortho intramolecular Hbond substituents is 3. The highest BCUT2D eigenvalue weighted by Crippen LogP contribution is 2.38. The average molecular weight is 429 g/mol. The summed E-state index contributed by atoms with van der Waals surface area (Å²) in [5, 5.41) is 36.6. The van der Waals surface area contributed by atoms with Crippen LogP contribution in [-0.4, -0.2) is 58.2 Å². The molecule has 0 saturated carbocycles. The number of halogens is 3. The molecule has 30 heavy (non-hydrogen) atoms. The van der Waals surface area contributed by atoms with Crippen LogP contribution < -0.4 is 4.74 Å². The van der Waals surface area contributed by atoms with Gasteiger partial charge in [-0.1, -0.05) is 6.07 Å². The standard InChI is InChI=1S/C18H21NO4.C2HF3O2/c1-19-6-5-12-9-15(20)16(21)10-13(12)14(19)7-11-3-4-18(23-2)17(22)8-11;3-2(4,5)1(6)7/h3-4,8-10,14,20-22H,5-7H2,1-2H3;(H,6,7). The van der Waals surface area contributed by atoms with Gasteiger partial charge in [0, 0.05) is 12.6 Å². The molecule has 7 nitrogen and oxygen atoms in total. The van der Waals surface area contributed by atoms with Gasteiger partial charge in [0.1, 0.15) is 0 Å². The molecule has 0 radical (unpaired) electrons. The summed E-state index contributed by atoms with van der Waals surface area (Å²) in [5.41, 5.74) is 3.06. The molecule has 2 aromatic rings. The zero-order valence-corrected chi connectivity index (χ0v) is 16.3. The summed E-state index contributed by atoms with van der Waals surface area (Å²) in [7, 11) is 3.57. The van der Waals surface area contributed by atoms with E-state index in [-0.39, 0.29) is 23.3 Å². The Kier molecular flexibility index (Phi) is 7.04. The van der Waals surface area contributed by atoms with E-state index in [0.29, 0.717) is 12.2 Å². The summed E-state index contributed by atoms with van der Waals surface area (Å²) in [6.45, 7) is 0.879. The van der Waals surface area contributed by atoms with Crippen LogP contribution in [0.2, 0.25) is 0 Å². The van der Waals surface area contributed by atoms with E-state index in [9.17, 15) is 28.5 Å². The molecule has 1 unspecified atom stereocenters. The minimum atomic E-state index is -5.08. The molecule has 10 heteroatoms. The average Bonchev–Trinajstić information content (AvgIpc) is 2.65. The Hall–Kier alpha value is -3.14. The van der Waals surface area contributed by atoms with Crippen molar-refractivity contribution in [2.24, 2.45) is 0 Å². The smallest absolute Gasteiger partial charge is 0.490 e. The topological polar surface area (TPSA) is 110 Å². The third-order valence-corrected chi connectivity index (χ3v) is 4.78. The summed E-state index contributed by atoms with van der Waals surface area (Å²) in [4.78, 5) is 11.1. The molecule has 1 aliphatic rings. The van der Waals surface area contributed by atoms with Crippen LogP contribution in [0.3, 0.4) is 0 Å². The maximum absolute atomic E-state index is 10.6. The number of carboxylic acids is 1. The molecule has 2 aromatic carbocycles. The highest BCUT2D eigenvalue weighted by molar-refractivity contribution is 5.73. The van der Waals surface area contributed by atoms with Crippen LogP contribution >= 0.6 is 0 Å². The third-order valence-electron chi connectivity index (χ3n) is 4.78. The summed E-state index contributed by atoms with van der Waals surface area (Å²) >= 11 is 0. The molecule has 1 aliphatic heterocycles. The van der Waals surface area contributed by atoms with Crippen molar-refractivity contribution in [2.75, 3.05) is 20.7 Å². The van der Waals surface area contributed by atoms with Crippen molar-refractivity contribution in [3.05, 3.63) is 47.0 Å². The molecule has 4 N–H and O–H groups in total. The van der Waals surface area contributed by atoms with Crippen LogP contribution in [0.5, 0.6) is 23.0 Å². The maximum Gasteiger partial charge on any atom is 0.490 e. The second-order valence-electron chi connectivity index (χ2n) is 6.80. The minimum Gasteiger partial charge on any atom is -0.504 e. The Bertz CT molecular complexity index is 916. The van der Waals surface area contributed by atoms with Crippen LogP contribution in [-0.2, 0) is 17.6 Å². The monoisotopic (exact) mass is 429 g/mol. The molecule has 164 valence electrons. The SMILES string of the molecule is COc1ccc(CC2c3cc(O)c(O)cc3CCN2C)cc1O.O=C(O)C(F)(F)F. The number of carbonyl (C=O) groups is 1. The van der Waals surface area contributed by atoms with E-state index in [2.05, 4.69) is 4.90 Å². The number of likely N-dealkylation sites (N-methyl/N-ethyl adjacent to an activating group) is 1. The molecule has 1 atom stereocenters.